The molecular formula is C29H41NO4. The highest BCUT2D eigenvalue weighted by molar-refractivity contribution is 5.70. The van der Waals surface area contributed by atoms with Crippen LogP contribution in [0.4, 0.5) is 0 Å². The predicted octanol–water partition coefficient (Wildman–Crippen LogP) is 6.03. The minimum absolute atomic E-state index is 0.172. The van der Waals surface area contributed by atoms with Crippen molar-refractivity contribution >= 4 is 5.97 Å². The molecule has 0 unspecified atom stereocenters. The number of nitrogens with zero attached hydrogens (tertiary/aromatic N) is 1. The SMILES string of the molecule is Cc1cc(C)c(O)c(CCC(=O)OC2CC(C)(C)N(Cc3cc(C)cc(C)c3O)C(C)(C)C2)c1. The Labute approximate surface area is 204 Å². The van der Waals surface area contributed by atoms with Gasteiger partial charge in [0.2, 0.25) is 0 Å². The molecule has 1 fully saturated rings. The second kappa shape index (κ2) is 9.61. The van der Waals surface area contributed by atoms with Crippen LogP contribution in [-0.4, -0.2) is 38.3 Å². The molecule has 186 valence electrons. The van der Waals surface area contributed by atoms with Gasteiger partial charge < -0.3 is 14.9 Å². The number of ether oxygens (including phenoxy) is 1. The molecule has 0 aliphatic carbocycles. The number of aryl methyl sites for hydroxylation is 5. The van der Waals surface area contributed by atoms with Gasteiger partial charge in [0, 0.05) is 42.4 Å². The topological polar surface area (TPSA) is 70.0 Å². The van der Waals surface area contributed by atoms with Crippen LogP contribution in [0.15, 0.2) is 24.3 Å². The second-order valence-electron chi connectivity index (χ2n) is 11.4. The van der Waals surface area contributed by atoms with Crippen molar-refractivity contribution in [2.45, 2.75) is 105 Å². The lowest BCUT2D eigenvalue weighted by Crippen LogP contribution is -2.61. The Morgan fingerprint density at radius 3 is 1.88 bits per heavy atom. The number of likely N-dealkylation sites (tertiary alicyclic amines) is 1. The van der Waals surface area contributed by atoms with Crippen molar-refractivity contribution in [1.29, 1.82) is 0 Å². The van der Waals surface area contributed by atoms with E-state index < -0.39 is 0 Å². The Hall–Kier alpha value is -2.53. The van der Waals surface area contributed by atoms with Gasteiger partial charge in [-0.25, -0.2) is 0 Å². The van der Waals surface area contributed by atoms with Crippen LogP contribution in [0.1, 0.15) is 80.3 Å². The molecule has 1 heterocycles. The van der Waals surface area contributed by atoms with Gasteiger partial charge in [0.15, 0.2) is 0 Å². The van der Waals surface area contributed by atoms with Crippen molar-refractivity contribution in [2.24, 2.45) is 0 Å². The fraction of sp³-hybridized carbons (Fsp3) is 0.552. The fourth-order valence-electron chi connectivity index (χ4n) is 5.80. The molecule has 0 amide bonds. The molecule has 0 atom stereocenters. The molecule has 0 aromatic heterocycles. The van der Waals surface area contributed by atoms with E-state index in [2.05, 4.69) is 45.6 Å². The van der Waals surface area contributed by atoms with Crippen LogP contribution < -0.4 is 0 Å². The third-order valence-corrected chi connectivity index (χ3v) is 7.19. The molecule has 1 aliphatic rings. The number of carbonyl (C=O) groups excluding carboxylic acids is 1. The van der Waals surface area contributed by atoms with Gasteiger partial charge in [-0.3, -0.25) is 9.69 Å². The van der Waals surface area contributed by atoms with Crippen LogP contribution >= 0.6 is 0 Å². The molecule has 5 nitrogen and oxygen atoms in total. The normalized spacial score (nSPS) is 18.1. The maximum Gasteiger partial charge on any atom is 0.306 e. The number of hydrogen-bond acceptors (Lipinski definition) is 5. The van der Waals surface area contributed by atoms with Gasteiger partial charge in [0.05, 0.1) is 0 Å². The van der Waals surface area contributed by atoms with Crippen LogP contribution in [-0.2, 0) is 22.5 Å². The lowest BCUT2D eigenvalue weighted by Gasteiger charge is -2.55. The van der Waals surface area contributed by atoms with E-state index in [-0.39, 0.29) is 35.3 Å². The maximum absolute atomic E-state index is 12.7. The summed E-state index contributed by atoms with van der Waals surface area (Å²) in [5.74, 6) is 0.402. The molecule has 1 saturated heterocycles. The molecular weight excluding hydrogens is 426 g/mol. The van der Waals surface area contributed by atoms with Crippen molar-refractivity contribution in [3.63, 3.8) is 0 Å². The minimum Gasteiger partial charge on any atom is -0.507 e. The number of rotatable bonds is 6. The highest BCUT2D eigenvalue weighted by Crippen LogP contribution is 2.42. The lowest BCUT2D eigenvalue weighted by atomic mass is 9.77. The summed E-state index contributed by atoms with van der Waals surface area (Å²) in [5.41, 5.74) is 5.22. The van der Waals surface area contributed by atoms with E-state index in [0.717, 1.165) is 46.2 Å². The van der Waals surface area contributed by atoms with Crippen molar-refractivity contribution in [3.8, 4) is 11.5 Å². The van der Waals surface area contributed by atoms with Crippen molar-refractivity contribution < 1.29 is 19.7 Å². The summed E-state index contributed by atoms with van der Waals surface area (Å²) in [7, 11) is 0. The lowest BCUT2D eigenvalue weighted by molar-refractivity contribution is -0.161. The third kappa shape index (κ3) is 5.75. The van der Waals surface area contributed by atoms with Gasteiger partial charge in [0.1, 0.15) is 17.6 Å². The molecule has 0 bridgehead atoms. The fourth-order valence-corrected chi connectivity index (χ4v) is 5.80. The van der Waals surface area contributed by atoms with E-state index in [9.17, 15) is 15.0 Å². The number of piperidine rings is 1. The summed E-state index contributed by atoms with van der Waals surface area (Å²) in [6, 6.07) is 7.93. The van der Waals surface area contributed by atoms with Gasteiger partial charge >= 0.3 is 5.97 Å². The molecule has 3 rings (SSSR count). The molecule has 5 heteroatoms. The average molecular weight is 468 g/mol. The standard InChI is InChI=1S/C29H41NO4/c1-18-11-20(3)26(32)22(13-18)9-10-25(31)34-24-15-28(5,6)30(29(7,8)16-24)17-23-14-19(2)12-21(4)27(23)33/h11-14,24,32-33H,9-10,15-17H2,1-8H3. The van der Waals surface area contributed by atoms with E-state index in [1.54, 1.807) is 0 Å². The van der Waals surface area contributed by atoms with E-state index in [0.29, 0.717) is 18.7 Å². The van der Waals surface area contributed by atoms with Crippen LogP contribution in [0, 0.1) is 27.7 Å². The molecule has 0 radical (unpaired) electrons. The molecule has 34 heavy (non-hydrogen) atoms. The van der Waals surface area contributed by atoms with Crippen LogP contribution in [0.3, 0.4) is 0 Å². The smallest absolute Gasteiger partial charge is 0.306 e. The zero-order chi connectivity index (χ0) is 25.4. The average Bonchev–Trinajstić information content (AvgIpc) is 2.69. The van der Waals surface area contributed by atoms with Gasteiger partial charge in [-0.15, -0.1) is 0 Å². The summed E-state index contributed by atoms with van der Waals surface area (Å²) in [4.78, 5) is 15.2. The van der Waals surface area contributed by atoms with Crippen molar-refractivity contribution in [3.05, 3.63) is 57.6 Å². The van der Waals surface area contributed by atoms with E-state index in [1.165, 1.54) is 0 Å². The summed E-state index contributed by atoms with van der Waals surface area (Å²) < 4.78 is 5.95. The van der Waals surface area contributed by atoms with Crippen molar-refractivity contribution in [2.75, 3.05) is 0 Å². The van der Waals surface area contributed by atoms with Crippen LogP contribution in [0.25, 0.3) is 0 Å². The van der Waals surface area contributed by atoms with Crippen molar-refractivity contribution in [1.82, 2.24) is 4.90 Å². The summed E-state index contributed by atoms with van der Waals surface area (Å²) in [6.07, 6.45) is 1.98. The van der Waals surface area contributed by atoms with E-state index >= 15 is 0 Å². The predicted molar refractivity (Wildman–Crippen MR) is 136 cm³/mol. The van der Waals surface area contributed by atoms with E-state index in [4.69, 9.17) is 4.74 Å². The Morgan fingerprint density at radius 2 is 1.35 bits per heavy atom. The number of benzene rings is 2. The number of hydrogen-bond donors (Lipinski definition) is 2. The number of aromatic hydroxyl groups is 2. The van der Waals surface area contributed by atoms with Gasteiger partial charge in [-0.2, -0.15) is 0 Å². The zero-order valence-corrected chi connectivity index (χ0v) is 22.1. The van der Waals surface area contributed by atoms with Gasteiger partial charge in [-0.1, -0.05) is 35.4 Å². The Kier molecular flexibility index (Phi) is 7.37. The van der Waals surface area contributed by atoms with Crippen LogP contribution in [0.2, 0.25) is 0 Å². The maximum atomic E-state index is 12.7. The molecule has 2 aromatic carbocycles. The largest absolute Gasteiger partial charge is 0.507 e. The molecule has 1 aliphatic heterocycles. The Bertz CT molecular complexity index is 1050. The second-order valence-corrected chi connectivity index (χ2v) is 11.4. The first-order chi connectivity index (χ1) is 15.7. The first-order valence-corrected chi connectivity index (χ1v) is 12.2. The molecule has 2 N–H and O–H groups in total. The summed E-state index contributed by atoms with van der Waals surface area (Å²) in [6.45, 7) is 17.2. The third-order valence-electron chi connectivity index (χ3n) is 7.19. The highest BCUT2D eigenvalue weighted by Gasteiger charge is 2.46. The summed E-state index contributed by atoms with van der Waals surface area (Å²) in [5, 5.41) is 21.0. The molecule has 0 saturated carbocycles. The number of carbonyl (C=O) groups is 1. The quantitative estimate of drug-likeness (QED) is 0.508. The number of phenolic OH excluding ortho intramolecular Hbond substituents is 2. The molecule has 2 aromatic rings. The first-order valence-electron chi connectivity index (χ1n) is 12.2. The summed E-state index contributed by atoms with van der Waals surface area (Å²) >= 11 is 0. The van der Waals surface area contributed by atoms with Gasteiger partial charge in [0.25, 0.3) is 0 Å². The Morgan fingerprint density at radius 1 is 0.882 bits per heavy atom. The van der Waals surface area contributed by atoms with Crippen LogP contribution in [0.5, 0.6) is 11.5 Å². The zero-order valence-electron chi connectivity index (χ0n) is 22.1. The first kappa shape index (κ1) is 26.1. The number of phenols is 2. The molecule has 0 spiro atoms. The highest BCUT2D eigenvalue weighted by atomic mass is 16.5. The van der Waals surface area contributed by atoms with E-state index in [1.807, 2.05) is 39.0 Å². The Balaban J connectivity index is 1.68. The van der Waals surface area contributed by atoms with Gasteiger partial charge in [-0.05, 0) is 78.5 Å². The minimum atomic E-state index is -0.226. The monoisotopic (exact) mass is 467 g/mol. The number of esters is 1.